The second-order valence-electron chi connectivity index (χ2n) is 4.40. The zero-order valence-electron chi connectivity index (χ0n) is 10.8. The normalized spacial score (nSPS) is 12.4. The summed E-state index contributed by atoms with van der Waals surface area (Å²) in [5.74, 6) is -1.70. The van der Waals surface area contributed by atoms with Crippen LogP contribution in [0.2, 0.25) is 0 Å². The topological polar surface area (TPSA) is 12.0 Å². The van der Waals surface area contributed by atoms with Gasteiger partial charge in [-0.1, -0.05) is 40.2 Å². The Balaban J connectivity index is 2.34. The predicted molar refractivity (Wildman–Crippen MR) is 83.7 cm³/mol. The van der Waals surface area contributed by atoms with Crippen LogP contribution in [0.1, 0.15) is 17.2 Å². The van der Waals surface area contributed by atoms with E-state index in [2.05, 4.69) is 37.2 Å². The van der Waals surface area contributed by atoms with Gasteiger partial charge in [-0.25, -0.2) is 8.78 Å². The third-order valence-corrected chi connectivity index (χ3v) is 4.75. The summed E-state index contributed by atoms with van der Waals surface area (Å²) >= 11 is 6.64. The number of nitrogens with one attached hydrogen (secondary N) is 1. The molecule has 2 rings (SSSR count). The Labute approximate surface area is 133 Å². The van der Waals surface area contributed by atoms with Crippen molar-refractivity contribution < 1.29 is 8.78 Å². The molecule has 5 heteroatoms. The molecule has 0 amide bonds. The van der Waals surface area contributed by atoms with Crippen molar-refractivity contribution >= 4 is 31.9 Å². The number of hydrogen-bond acceptors (Lipinski definition) is 1. The molecular weight excluding hydrogens is 392 g/mol. The van der Waals surface area contributed by atoms with E-state index in [0.717, 1.165) is 16.1 Å². The summed E-state index contributed by atoms with van der Waals surface area (Å²) < 4.78 is 28.0. The van der Waals surface area contributed by atoms with E-state index in [0.29, 0.717) is 12.0 Å². The number of rotatable bonds is 4. The van der Waals surface area contributed by atoms with Crippen LogP contribution in [0, 0.1) is 11.6 Å². The second-order valence-corrected chi connectivity index (χ2v) is 6.05. The minimum Gasteiger partial charge on any atom is -0.313 e. The largest absolute Gasteiger partial charge is 0.313 e. The van der Waals surface area contributed by atoms with Crippen LogP contribution in [0.3, 0.4) is 0 Å². The van der Waals surface area contributed by atoms with Gasteiger partial charge in [0, 0.05) is 10.5 Å². The minimum absolute atomic E-state index is 0.113. The molecule has 0 fully saturated rings. The Morgan fingerprint density at radius 2 is 1.80 bits per heavy atom. The fourth-order valence-corrected chi connectivity index (χ4v) is 3.11. The van der Waals surface area contributed by atoms with E-state index in [4.69, 9.17) is 0 Å². The average molecular weight is 405 g/mol. The van der Waals surface area contributed by atoms with Gasteiger partial charge in [0.15, 0.2) is 11.6 Å². The lowest BCUT2D eigenvalue weighted by Crippen LogP contribution is -2.20. The number of likely N-dealkylation sites (N-methyl/N-ethyl adjacent to an activating group) is 1. The van der Waals surface area contributed by atoms with E-state index in [1.165, 1.54) is 0 Å². The SMILES string of the molecule is CNC(Cc1ccccc1Br)c1ccc(F)c(F)c1Br. The van der Waals surface area contributed by atoms with E-state index >= 15 is 0 Å². The minimum atomic E-state index is -0.852. The molecule has 0 heterocycles. The molecule has 2 aromatic carbocycles. The van der Waals surface area contributed by atoms with Crippen molar-refractivity contribution in [2.24, 2.45) is 0 Å². The summed E-state index contributed by atoms with van der Waals surface area (Å²) in [7, 11) is 1.80. The molecule has 106 valence electrons. The number of hydrogen-bond donors (Lipinski definition) is 1. The Bertz CT molecular complexity index is 617. The molecule has 1 N–H and O–H groups in total. The van der Waals surface area contributed by atoms with Crippen LogP contribution in [-0.2, 0) is 6.42 Å². The first-order valence-electron chi connectivity index (χ1n) is 6.08. The van der Waals surface area contributed by atoms with E-state index in [-0.39, 0.29) is 10.5 Å². The van der Waals surface area contributed by atoms with E-state index < -0.39 is 11.6 Å². The van der Waals surface area contributed by atoms with E-state index in [9.17, 15) is 8.78 Å². The molecule has 0 aliphatic rings. The van der Waals surface area contributed by atoms with Crippen LogP contribution in [0.15, 0.2) is 45.3 Å². The highest BCUT2D eigenvalue weighted by Crippen LogP contribution is 2.31. The van der Waals surface area contributed by atoms with Crippen LogP contribution in [0.5, 0.6) is 0 Å². The Morgan fingerprint density at radius 1 is 1.10 bits per heavy atom. The standard InChI is InChI=1S/C15H13Br2F2N/c1-20-13(8-9-4-2-3-5-11(9)16)10-6-7-12(18)15(19)14(10)17/h2-7,13,20H,8H2,1H3. The molecular formula is C15H13Br2F2N. The van der Waals surface area contributed by atoms with Crippen LogP contribution < -0.4 is 5.32 Å². The summed E-state index contributed by atoms with van der Waals surface area (Å²) in [4.78, 5) is 0. The monoisotopic (exact) mass is 403 g/mol. The van der Waals surface area contributed by atoms with Crippen LogP contribution in [0.4, 0.5) is 8.78 Å². The molecule has 0 radical (unpaired) electrons. The molecule has 20 heavy (non-hydrogen) atoms. The first-order valence-corrected chi connectivity index (χ1v) is 7.67. The molecule has 0 saturated carbocycles. The van der Waals surface area contributed by atoms with Gasteiger partial charge in [0.1, 0.15) is 0 Å². The quantitative estimate of drug-likeness (QED) is 0.707. The summed E-state index contributed by atoms with van der Waals surface area (Å²) in [6.07, 6.45) is 0.668. The summed E-state index contributed by atoms with van der Waals surface area (Å²) in [5, 5.41) is 3.14. The fraction of sp³-hybridized carbons (Fsp3) is 0.200. The molecule has 0 saturated heterocycles. The average Bonchev–Trinajstić information content (AvgIpc) is 2.45. The maximum Gasteiger partial charge on any atom is 0.173 e. The summed E-state index contributed by atoms with van der Waals surface area (Å²) in [6, 6.07) is 10.5. The molecule has 0 bridgehead atoms. The molecule has 1 nitrogen and oxygen atoms in total. The Morgan fingerprint density at radius 3 is 2.45 bits per heavy atom. The van der Waals surface area contributed by atoms with Crippen molar-refractivity contribution in [3.8, 4) is 0 Å². The highest BCUT2D eigenvalue weighted by Gasteiger charge is 2.19. The van der Waals surface area contributed by atoms with Gasteiger partial charge in [-0.2, -0.15) is 0 Å². The van der Waals surface area contributed by atoms with Crippen molar-refractivity contribution in [3.63, 3.8) is 0 Å². The van der Waals surface area contributed by atoms with E-state index in [1.54, 1.807) is 13.1 Å². The number of halogens is 4. The van der Waals surface area contributed by atoms with Gasteiger partial charge in [0.05, 0.1) is 4.47 Å². The molecule has 2 aromatic rings. The van der Waals surface area contributed by atoms with Gasteiger partial charge in [-0.15, -0.1) is 0 Å². The van der Waals surface area contributed by atoms with Crippen molar-refractivity contribution in [3.05, 3.63) is 68.1 Å². The molecule has 0 spiro atoms. The third-order valence-electron chi connectivity index (χ3n) is 3.17. The first kappa shape index (κ1) is 15.6. The van der Waals surface area contributed by atoms with E-state index in [1.807, 2.05) is 24.3 Å². The van der Waals surface area contributed by atoms with Crippen LogP contribution >= 0.6 is 31.9 Å². The van der Waals surface area contributed by atoms with Gasteiger partial charge in [-0.05, 0) is 52.7 Å². The summed E-state index contributed by atoms with van der Waals surface area (Å²) in [5.41, 5.74) is 1.80. The molecule has 0 aromatic heterocycles. The summed E-state index contributed by atoms with van der Waals surface area (Å²) in [6.45, 7) is 0. The zero-order valence-corrected chi connectivity index (χ0v) is 13.9. The molecule has 1 atom stereocenters. The smallest absolute Gasteiger partial charge is 0.173 e. The highest BCUT2D eigenvalue weighted by molar-refractivity contribution is 9.10. The maximum atomic E-state index is 13.6. The van der Waals surface area contributed by atoms with Crippen molar-refractivity contribution in [2.45, 2.75) is 12.5 Å². The lowest BCUT2D eigenvalue weighted by Gasteiger charge is -2.19. The van der Waals surface area contributed by atoms with Gasteiger partial charge in [-0.3, -0.25) is 0 Å². The Hall–Kier alpha value is -0.780. The predicted octanol–water partition coefficient (Wildman–Crippen LogP) is 4.99. The maximum absolute atomic E-state index is 13.6. The van der Waals surface area contributed by atoms with Gasteiger partial charge < -0.3 is 5.32 Å². The van der Waals surface area contributed by atoms with Crippen LogP contribution in [-0.4, -0.2) is 7.05 Å². The lowest BCUT2D eigenvalue weighted by atomic mass is 9.99. The Kier molecular flexibility index (Phi) is 5.29. The second kappa shape index (κ2) is 6.78. The fourth-order valence-electron chi connectivity index (χ4n) is 2.06. The lowest BCUT2D eigenvalue weighted by molar-refractivity contribution is 0.495. The molecule has 0 aliphatic heterocycles. The first-order chi connectivity index (χ1) is 9.54. The van der Waals surface area contributed by atoms with Crippen molar-refractivity contribution in [1.82, 2.24) is 5.32 Å². The van der Waals surface area contributed by atoms with Gasteiger partial charge in [0.2, 0.25) is 0 Å². The van der Waals surface area contributed by atoms with Crippen molar-refractivity contribution in [2.75, 3.05) is 7.05 Å². The van der Waals surface area contributed by atoms with Gasteiger partial charge in [0.25, 0.3) is 0 Å². The molecule has 1 unspecified atom stereocenters. The zero-order chi connectivity index (χ0) is 14.7. The van der Waals surface area contributed by atoms with Crippen molar-refractivity contribution in [1.29, 1.82) is 0 Å². The van der Waals surface area contributed by atoms with Gasteiger partial charge >= 0.3 is 0 Å². The third kappa shape index (κ3) is 3.27. The number of benzene rings is 2. The highest BCUT2D eigenvalue weighted by atomic mass is 79.9. The molecule has 0 aliphatic carbocycles. The van der Waals surface area contributed by atoms with Crippen LogP contribution in [0.25, 0.3) is 0 Å².